The van der Waals surface area contributed by atoms with Crippen molar-refractivity contribution in [3.05, 3.63) is 0 Å². The van der Waals surface area contributed by atoms with Crippen molar-refractivity contribution in [3.63, 3.8) is 0 Å². The predicted octanol–water partition coefficient (Wildman–Crippen LogP) is 1.70. The van der Waals surface area contributed by atoms with Crippen LogP contribution in [-0.4, -0.2) is 30.6 Å². The van der Waals surface area contributed by atoms with Crippen molar-refractivity contribution in [3.8, 4) is 0 Å². The lowest BCUT2D eigenvalue weighted by atomic mass is 9.91. The first-order valence-corrected chi connectivity index (χ1v) is 5.59. The average Bonchev–Trinajstić information content (AvgIpc) is 2.13. The summed E-state index contributed by atoms with van der Waals surface area (Å²) in [5, 5.41) is 0. The monoisotopic (exact) mass is 184 g/mol. The SMILES string of the molecule is CC(CN)CN1CCCC(C)C1C. The Hall–Kier alpha value is -0.0800. The van der Waals surface area contributed by atoms with Gasteiger partial charge in [-0.3, -0.25) is 0 Å². The highest BCUT2D eigenvalue weighted by Crippen LogP contribution is 2.23. The fourth-order valence-corrected chi connectivity index (χ4v) is 2.15. The first-order valence-electron chi connectivity index (χ1n) is 5.59. The average molecular weight is 184 g/mol. The zero-order valence-electron chi connectivity index (χ0n) is 9.29. The van der Waals surface area contributed by atoms with E-state index in [-0.39, 0.29) is 0 Å². The van der Waals surface area contributed by atoms with Gasteiger partial charge in [-0.1, -0.05) is 13.8 Å². The molecule has 1 aliphatic heterocycles. The Labute approximate surface area is 82.5 Å². The first kappa shape index (κ1) is 11.0. The fraction of sp³-hybridized carbons (Fsp3) is 1.00. The number of likely N-dealkylation sites (tertiary alicyclic amines) is 1. The smallest absolute Gasteiger partial charge is 0.00926 e. The minimum atomic E-state index is 0.646. The first-order chi connectivity index (χ1) is 6.15. The molecule has 0 radical (unpaired) electrons. The molecule has 0 bridgehead atoms. The minimum absolute atomic E-state index is 0.646. The van der Waals surface area contributed by atoms with Gasteiger partial charge in [-0.05, 0) is 44.7 Å². The van der Waals surface area contributed by atoms with Crippen LogP contribution in [0, 0.1) is 11.8 Å². The maximum Gasteiger partial charge on any atom is 0.00926 e. The topological polar surface area (TPSA) is 29.3 Å². The summed E-state index contributed by atoms with van der Waals surface area (Å²) in [5.74, 6) is 1.51. The van der Waals surface area contributed by atoms with Gasteiger partial charge in [-0.25, -0.2) is 0 Å². The summed E-state index contributed by atoms with van der Waals surface area (Å²) in [6.07, 6.45) is 2.76. The molecule has 1 aliphatic rings. The van der Waals surface area contributed by atoms with Gasteiger partial charge in [0.05, 0.1) is 0 Å². The van der Waals surface area contributed by atoms with Crippen LogP contribution in [0.2, 0.25) is 0 Å². The molecule has 0 spiro atoms. The van der Waals surface area contributed by atoms with Crippen molar-refractivity contribution >= 4 is 0 Å². The second-order valence-electron chi connectivity index (χ2n) is 4.70. The molecule has 2 heteroatoms. The molecule has 13 heavy (non-hydrogen) atoms. The van der Waals surface area contributed by atoms with Crippen molar-refractivity contribution in [1.82, 2.24) is 4.90 Å². The molecule has 78 valence electrons. The number of nitrogens with two attached hydrogens (primary N) is 1. The van der Waals surface area contributed by atoms with Crippen molar-refractivity contribution in [1.29, 1.82) is 0 Å². The van der Waals surface area contributed by atoms with Crippen LogP contribution in [0.3, 0.4) is 0 Å². The van der Waals surface area contributed by atoms with Crippen LogP contribution >= 0.6 is 0 Å². The Balaban J connectivity index is 2.39. The van der Waals surface area contributed by atoms with Gasteiger partial charge >= 0.3 is 0 Å². The summed E-state index contributed by atoms with van der Waals surface area (Å²) in [7, 11) is 0. The molecular weight excluding hydrogens is 160 g/mol. The fourth-order valence-electron chi connectivity index (χ4n) is 2.15. The van der Waals surface area contributed by atoms with Gasteiger partial charge in [-0.15, -0.1) is 0 Å². The Morgan fingerprint density at radius 3 is 2.77 bits per heavy atom. The Bertz CT molecular complexity index is 147. The zero-order valence-corrected chi connectivity index (χ0v) is 9.29. The molecule has 2 nitrogen and oxygen atoms in total. The largest absolute Gasteiger partial charge is 0.330 e. The van der Waals surface area contributed by atoms with Crippen LogP contribution in [0.4, 0.5) is 0 Å². The standard InChI is InChI=1S/C11H24N2/c1-9(7-12)8-13-6-4-5-10(2)11(13)3/h9-11H,4-8,12H2,1-3H3. The number of nitrogens with zero attached hydrogens (tertiary/aromatic N) is 1. The molecule has 0 aromatic rings. The van der Waals surface area contributed by atoms with Crippen molar-refractivity contribution in [2.24, 2.45) is 17.6 Å². The van der Waals surface area contributed by atoms with Gasteiger partial charge in [0.2, 0.25) is 0 Å². The van der Waals surface area contributed by atoms with E-state index in [1.54, 1.807) is 0 Å². The molecule has 0 amide bonds. The highest BCUT2D eigenvalue weighted by atomic mass is 15.2. The van der Waals surface area contributed by atoms with E-state index < -0.39 is 0 Å². The maximum absolute atomic E-state index is 5.64. The summed E-state index contributed by atoms with van der Waals surface area (Å²) in [4.78, 5) is 2.60. The normalized spacial score (nSPS) is 33.2. The van der Waals surface area contributed by atoms with Crippen molar-refractivity contribution < 1.29 is 0 Å². The second-order valence-corrected chi connectivity index (χ2v) is 4.70. The molecule has 3 unspecified atom stereocenters. The summed E-state index contributed by atoms with van der Waals surface area (Å²) in [6.45, 7) is 10.2. The third-order valence-electron chi connectivity index (χ3n) is 3.45. The highest BCUT2D eigenvalue weighted by molar-refractivity contribution is 4.79. The van der Waals surface area contributed by atoms with E-state index in [9.17, 15) is 0 Å². The minimum Gasteiger partial charge on any atom is -0.330 e. The van der Waals surface area contributed by atoms with E-state index in [2.05, 4.69) is 25.7 Å². The molecule has 1 fully saturated rings. The maximum atomic E-state index is 5.64. The lowest BCUT2D eigenvalue weighted by molar-refractivity contribution is 0.0993. The Morgan fingerprint density at radius 1 is 1.46 bits per heavy atom. The van der Waals surface area contributed by atoms with Gasteiger partial charge in [0.25, 0.3) is 0 Å². The van der Waals surface area contributed by atoms with E-state index in [1.165, 1.54) is 25.9 Å². The van der Waals surface area contributed by atoms with Gasteiger partial charge < -0.3 is 10.6 Å². The van der Waals surface area contributed by atoms with E-state index in [0.717, 1.165) is 18.5 Å². The molecule has 0 aromatic carbocycles. The number of piperidine rings is 1. The Morgan fingerprint density at radius 2 is 2.15 bits per heavy atom. The molecule has 0 saturated carbocycles. The van der Waals surface area contributed by atoms with Gasteiger partial charge in [0.15, 0.2) is 0 Å². The van der Waals surface area contributed by atoms with Gasteiger partial charge in [-0.2, -0.15) is 0 Å². The molecule has 2 N–H and O–H groups in total. The van der Waals surface area contributed by atoms with Crippen molar-refractivity contribution in [2.75, 3.05) is 19.6 Å². The third kappa shape index (κ3) is 2.96. The van der Waals surface area contributed by atoms with E-state index in [0.29, 0.717) is 5.92 Å². The van der Waals surface area contributed by atoms with Crippen molar-refractivity contribution in [2.45, 2.75) is 39.7 Å². The van der Waals surface area contributed by atoms with E-state index in [4.69, 9.17) is 5.73 Å². The summed E-state index contributed by atoms with van der Waals surface area (Å²) in [5.41, 5.74) is 5.64. The van der Waals surface area contributed by atoms with Gasteiger partial charge in [0.1, 0.15) is 0 Å². The zero-order chi connectivity index (χ0) is 9.84. The number of hydrogen-bond acceptors (Lipinski definition) is 2. The van der Waals surface area contributed by atoms with Crippen LogP contribution in [0.15, 0.2) is 0 Å². The molecule has 1 heterocycles. The molecule has 1 rings (SSSR count). The highest BCUT2D eigenvalue weighted by Gasteiger charge is 2.24. The van der Waals surface area contributed by atoms with Crippen LogP contribution in [0.5, 0.6) is 0 Å². The summed E-state index contributed by atoms with van der Waals surface area (Å²) < 4.78 is 0. The molecule has 3 atom stereocenters. The molecule has 0 aliphatic carbocycles. The van der Waals surface area contributed by atoms with Crippen LogP contribution in [0.1, 0.15) is 33.6 Å². The third-order valence-corrected chi connectivity index (χ3v) is 3.45. The summed E-state index contributed by atoms with van der Waals surface area (Å²) in [6, 6.07) is 0.753. The molecule has 1 saturated heterocycles. The van der Waals surface area contributed by atoms with Gasteiger partial charge in [0, 0.05) is 12.6 Å². The quantitative estimate of drug-likeness (QED) is 0.723. The second kappa shape index (κ2) is 4.97. The van der Waals surface area contributed by atoms with Crippen LogP contribution in [0.25, 0.3) is 0 Å². The number of hydrogen-bond donors (Lipinski definition) is 1. The lowest BCUT2D eigenvalue weighted by Crippen LogP contribution is -2.45. The lowest BCUT2D eigenvalue weighted by Gasteiger charge is -2.39. The van der Waals surface area contributed by atoms with E-state index in [1.807, 2.05) is 0 Å². The molecular formula is C11H24N2. The molecule has 0 aromatic heterocycles. The predicted molar refractivity (Wildman–Crippen MR) is 57.7 cm³/mol. The van der Waals surface area contributed by atoms with E-state index >= 15 is 0 Å². The summed E-state index contributed by atoms with van der Waals surface area (Å²) >= 11 is 0. The van der Waals surface area contributed by atoms with Crippen LogP contribution in [-0.2, 0) is 0 Å². The number of rotatable bonds is 3. The Kier molecular flexibility index (Phi) is 4.20. The van der Waals surface area contributed by atoms with Crippen LogP contribution < -0.4 is 5.73 Å².